The van der Waals surface area contributed by atoms with Crippen LogP contribution in [-0.2, 0) is 0 Å². The zero-order valence-corrected chi connectivity index (χ0v) is 10.6. The molecule has 2 rings (SSSR count). The van der Waals surface area contributed by atoms with Crippen LogP contribution in [0.1, 0.15) is 24.5 Å². The van der Waals surface area contributed by atoms with Gasteiger partial charge in [0, 0.05) is 13.1 Å². The van der Waals surface area contributed by atoms with Crippen molar-refractivity contribution < 1.29 is 9.84 Å². The predicted molar refractivity (Wildman–Crippen MR) is 68.2 cm³/mol. The summed E-state index contributed by atoms with van der Waals surface area (Å²) >= 11 is 0. The highest BCUT2D eigenvalue weighted by molar-refractivity contribution is 5.29. The highest BCUT2D eigenvalue weighted by Crippen LogP contribution is 2.30. The van der Waals surface area contributed by atoms with E-state index in [1.165, 1.54) is 12.8 Å². The minimum Gasteiger partial charge on any atom is -0.497 e. The minimum atomic E-state index is -0.436. The summed E-state index contributed by atoms with van der Waals surface area (Å²) in [6.07, 6.45) is 2.26. The Labute approximate surface area is 103 Å². The molecule has 1 fully saturated rings. The zero-order chi connectivity index (χ0) is 12.3. The molecule has 3 heteroatoms. The first-order valence-corrected chi connectivity index (χ1v) is 6.19. The van der Waals surface area contributed by atoms with Gasteiger partial charge in [-0.3, -0.25) is 0 Å². The predicted octanol–water partition coefficient (Wildman–Crippen LogP) is 2.07. The Balaban J connectivity index is 1.90. The summed E-state index contributed by atoms with van der Waals surface area (Å²) in [6, 6.07) is 7.65. The van der Waals surface area contributed by atoms with E-state index in [9.17, 15) is 5.11 Å². The standard InChI is InChI=1S/C14H21NO2/c1-15(9-11-6-7-11)10-14(16)12-4-3-5-13(8-12)17-2/h3-5,8,11,14,16H,6-7,9-10H2,1-2H3. The van der Waals surface area contributed by atoms with Crippen LogP contribution in [0.5, 0.6) is 5.75 Å². The van der Waals surface area contributed by atoms with E-state index in [4.69, 9.17) is 4.74 Å². The molecule has 1 atom stereocenters. The molecule has 0 aromatic heterocycles. The van der Waals surface area contributed by atoms with Gasteiger partial charge in [0.2, 0.25) is 0 Å². The first-order valence-electron chi connectivity index (χ1n) is 6.19. The summed E-state index contributed by atoms with van der Waals surface area (Å²) in [4.78, 5) is 2.21. The number of aliphatic hydroxyl groups excluding tert-OH is 1. The summed E-state index contributed by atoms with van der Waals surface area (Å²) in [7, 11) is 3.71. The van der Waals surface area contributed by atoms with E-state index in [1.54, 1.807) is 7.11 Å². The smallest absolute Gasteiger partial charge is 0.119 e. The fourth-order valence-corrected chi connectivity index (χ4v) is 2.07. The van der Waals surface area contributed by atoms with Crippen molar-refractivity contribution in [1.82, 2.24) is 4.90 Å². The molecule has 0 heterocycles. The van der Waals surface area contributed by atoms with Crippen LogP contribution < -0.4 is 4.74 Å². The van der Waals surface area contributed by atoms with Gasteiger partial charge in [-0.2, -0.15) is 0 Å². The fourth-order valence-electron chi connectivity index (χ4n) is 2.07. The van der Waals surface area contributed by atoms with E-state index in [-0.39, 0.29) is 0 Å². The molecule has 0 saturated heterocycles. The Hall–Kier alpha value is -1.06. The molecule has 0 amide bonds. The lowest BCUT2D eigenvalue weighted by Gasteiger charge is -2.20. The van der Waals surface area contributed by atoms with Gasteiger partial charge in [-0.25, -0.2) is 0 Å². The molecule has 1 aliphatic carbocycles. The Kier molecular flexibility index (Phi) is 4.02. The van der Waals surface area contributed by atoms with Crippen molar-refractivity contribution in [2.45, 2.75) is 18.9 Å². The summed E-state index contributed by atoms with van der Waals surface area (Å²) < 4.78 is 5.16. The number of aliphatic hydroxyl groups is 1. The number of methoxy groups -OCH3 is 1. The fraction of sp³-hybridized carbons (Fsp3) is 0.571. The summed E-state index contributed by atoms with van der Waals surface area (Å²) in [5.41, 5.74) is 0.923. The third kappa shape index (κ3) is 3.72. The Bertz CT molecular complexity index is 363. The molecule has 1 saturated carbocycles. The van der Waals surface area contributed by atoms with Crippen LogP contribution >= 0.6 is 0 Å². The van der Waals surface area contributed by atoms with E-state index >= 15 is 0 Å². The minimum absolute atomic E-state index is 0.436. The van der Waals surface area contributed by atoms with E-state index in [0.29, 0.717) is 6.54 Å². The van der Waals surface area contributed by atoms with Gasteiger partial charge in [-0.15, -0.1) is 0 Å². The van der Waals surface area contributed by atoms with Crippen LogP contribution in [0.25, 0.3) is 0 Å². The van der Waals surface area contributed by atoms with Crippen LogP contribution in [0, 0.1) is 5.92 Å². The molecule has 1 aromatic carbocycles. The van der Waals surface area contributed by atoms with Gasteiger partial charge >= 0.3 is 0 Å². The van der Waals surface area contributed by atoms with Crippen molar-refractivity contribution >= 4 is 0 Å². The lowest BCUT2D eigenvalue weighted by Crippen LogP contribution is -2.26. The molecule has 1 aromatic rings. The Morgan fingerprint density at radius 3 is 2.88 bits per heavy atom. The Morgan fingerprint density at radius 2 is 2.24 bits per heavy atom. The number of benzene rings is 1. The first-order chi connectivity index (χ1) is 8.19. The molecule has 94 valence electrons. The molecular formula is C14H21NO2. The van der Waals surface area contributed by atoms with E-state index in [1.807, 2.05) is 24.3 Å². The van der Waals surface area contributed by atoms with Gasteiger partial charge in [-0.05, 0) is 43.5 Å². The average molecular weight is 235 g/mol. The van der Waals surface area contributed by atoms with Crippen molar-refractivity contribution in [3.63, 3.8) is 0 Å². The van der Waals surface area contributed by atoms with E-state index < -0.39 is 6.10 Å². The molecule has 0 spiro atoms. The number of hydrogen-bond donors (Lipinski definition) is 1. The van der Waals surface area contributed by atoms with Gasteiger partial charge in [0.05, 0.1) is 13.2 Å². The molecule has 1 unspecified atom stereocenters. The summed E-state index contributed by atoms with van der Waals surface area (Å²) in [6.45, 7) is 1.78. The highest BCUT2D eigenvalue weighted by atomic mass is 16.5. The maximum absolute atomic E-state index is 10.1. The van der Waals surface area contributed by atoms with Crippen LogP contribution in [0.4, 0.5) is 0 Å². The normalized spacial score (nSPS) is 17.2. The third-order valence-corrected chi connectivity index (χ3v) is 3.23. The number of nitrogens with zero attached hydrogens (tertiary/aromatic N) is 1. The zero-order valence-electron chi connectivity index (χ0n) is 10.6. The van der Waals surface area contributed by atoms with Gasteiger partial charge in [0.1, 0.15) is 5.75 Å². The topological polar surface area (TPSA) is 32.7 Å². The maximum atomic E-state index is 10.1. The largest absolute Gasteiger partial charge is 0.497 e. The molecule has 1 aliphatic rings. The number of rotatable bonds is 6. The number of likely N-dealkylation sites (N-methyl/N-ethyl adjacent to an activating group) is 1. The highest BCUT2D eigenvalue weighted by Gasteiger charge is 2.23. The lowest BCUT2D eigenvalue weighted by atomic mass is 10.1. The molecule has 0 aliphatic heterocycles. The van der Waals surface area contributed by atoms with Gasteiger partial charge in [0.15, 0.2) is 0 Å². The Morgan fingerprint density at radius 1 is 1.47 bits per heavy atom. The van der Waals surface area contributed by atoms with Crippen LogP contribution in [0.15, 0.2) is 24.3 Å². The van der Waals surface area contributed by atoms with Crippen molar-refractivity contribution in [2.24, 2.45) is 5.92 Å². The second-order valence-electron chi connectivity index (χ2n) is 4.96. The quantitative estimate of drug-likeness (QED) is 0.819. The molecule has 0 bridgehead atoms. The molecular weight excluding hydrogens is 214 g/mol. The number of hydrogen-bond acceptors (Lipinski definition) is 3. The third-order valence-electron chi connectivity index (χ3n) is 3.23. The first kappa shape index (κ1) is 12.4. The van der Waals surface area contributed by atoms with Crippen LogP contribution in [0.2, 0.25) is 0 Å². The van der Waals surface area contributed by atoms with Crippen molar-refractivity contribution in [3.05, 3.63) is 29.8 Å². The monoisotopic (exact) mass is 235 g/mol. The molecule has 17 heavy (non-hydrogen) atoms. The van der Waals surface area contributed by atoms with Crippen molar-refractivity contribution in [1.29, 1.82) is 0 Å². The van der Waals surface area contributed by atoms with Gasteiger partial charge in [0.25, 0.3) is 0 Å². The second kappa shape index (κ2) is 5.52. The molecule has 1 N–H and O–H groups in total. The summed E-state index contributed by atoms with van der Waals surface area (Å²) in [5, 5.41) is 10.1. The molecule has 3 nitrogen and oxygen atoms in total. The van der Waals surface area contributed by atoms with Crippen LogP contribution in [-0.4, -0.2) is 37.3 Å². The van der Waals surface area contributed by atoms with Gasteiger partial charge in [-0.1, -0.05) is 12.1 Å². The van der Waals surface area contributed by atoms with E-state index in [0.717, 1.165) is 23.8 Å². The van der Waals surface area contributed by atoms with E-state index in [2.05, 4.69) is 11.9 Å². The van der Waals surface area contributed by atoms with Gasteiger partial charge < -0.3 is 14.7 Å². The van der Waals surface area contributed by atoms with Crippen LogP contribution in [0.3, 0.4) is 0 Å². The molecule has 0 radical (unpaired) electrons. The maximum Gasteiger partial charge on any atom is 0.119 e. The SMILES string of the molecule is COc1cccc(C(O)CN(C)CC2CC2)c1. The second-order valence-corrected chi connectivity index (χ2v) is 4.96. The van der Waals surface area contributed by atoms with Crippen molar-refractivity contribution in [2.75, 3.05) is 27.2 Å². The average Bonchev–Trinajstić information content (AvgIpc) is 3.12. The van der Waals surface area contributed by atoms with Crippen molar-refractivity contribution in [3.8, 4) is 5.75 Å². The summed E-state index contributed by atoms with van der Waals surface area (Å²) in [5.74, 6) is 1.66. The lowest BCUT2D eigenvalue weighted by molar-refractivity contribution is 0.124. The number of ether oxygens (including phenoxy) is 1.